The van der Waals surface area contributed by atoms with E-state index in [4.69, 9.17) is 9.47 Å². The average Bonchev–Trinajstić information content (AvgIpc) is 3.09. The molecule has 0 atom stereocenters. The van der Waals surface area contributed by atoms with Crippen molar-refractivity contribution in [1.82, 2.24) is 14.9 Å². The van der Waals surface area contributed by atoms with Crippen LogP contribution >= 0.6 is 11.3 Å². The maximum atomic E-state index is 12.6. The highest BCUT2D eigenvalue weighted by Crippen LogP contribution is 2.31. The Morgan fingerprint density at radius 2 is 2.04 bits per heavy atom. The number of hydrogen-bond acceptors (Lipinski definition) is 6. The van der Waals surface area contributed by atoms with Crippen molar-refractivity contribution in [3.05, 3.63) is 47.0 Å². The summed E-state index contributed by atoms with van der Waals surface area (Å²) in [6, 6.07) is 9.49. The molecule has 0 aliphatic heterocycles. The first-order chi connectivity index (χ1) is 12.6. The van der Waals surface area contributed by atoms with Crippen molar-refractivity contribution in [2.45, 2.75) is 6.54 Å². The topological polar surface area (TPSA) is 82.4 Å². The first-order valence-electron chi connectivity index (χ1n) is 8.01. The van der Waals surface area contributed by atoms with Crippen molar-refractivity contribution in [3.63, 3.8) is 0 Å². The van der Waals surface area contributed by atoms with Crippen LogP contribution in [-0.2, 0) is 16.1 Å². The Kier molecular flexibility index (Phi) is 5.65. The van der Waals surface area contributed by atoms with Crippen molar-refractivity contribution in [1.29, 1.82) is 0 Å². The van der Waals surface area contributed by atoms with E-state index in [1.807, 2.05) is 30.3 Å². The van der Waals surface area contributed by atoms with E-state index in [1.165, 1.54) is 22.2 Å². The Hall–Kier alpha value is -2.71. The molecule has 26 heavy (non-hydrogen) atoms. The van der Waals surface area contributed by atoms with E-state index in [9.17, 15) is 9.59 Å². The third kappa shape index (κ3) is 3.92. The Balaban J connectivity index is 1.84. The molecule has 3 rings (SSSR count). The summed E-state index contributed by atoms with van der Waals surface area (Å²) in [4.78, 5) is 29.8. The fourth-order valence-electron chi connectivity index (χ4n) is 2.46. The molecule has 136 valence electrons. The lowest BCUT2D eigenvalue weighted by Crippen LogP contribution is -2.33. The molecule has 1 amide bonds. The molecule has 2 aromatic heterocycles. The largest absolute Gasteiger partial charge is 0.497 e. The van der Waals surface area contributed by atoms with E-state index < -0.39 is 0 Å². The van der Waals surface area contributed by atoms with Gasteiger partial charge in [0.25, 0.3) is 5.56 Å². The second kappa shape index (κ2) is 8.11. The smallest absolute Gasteiger partial charge is 0.271 e. The van der Waals surface area contributed by atoms with E-state index in [0.29, 0.717) is 23.4 Å². The number of fused-ring (bicyclic) bond motifs is 1. The number of aromatic nitrogens is 2. The Morgan fingerprint density at radius 1 is 1.27 bits per heavy atom. The second-order valence-electron chi connectivity index (χ2n) is 5.57. The van der Waals surface area contributed by atoms with Gasteiger partial charge in [-0.15, -0.1) is 11.3 Å². The van der Waals surface area contributed by atoms with Gasteiger partial charge in [-0.25, -0.2) is 4.98 Å². The van der Waals surface area contributed by atoms with Crippen LogP contribution in [0.15, 0.2) is 41.5 Å². The summed E-state index contributed by atoms with van der Waals surface area (Å²) in [5.41, 5.74) is 1.39. The number of nitrogens with zero attached hydrogens (tertiary/aromatic N) is 2. The summed E-state index contributed by atoms with van der Waals surface area (Å²) < 4.78 is 11.9. The molecular weight excluding hydrogens is 354 g/mol. The minimum atomic E-state index is -0.253. The molecule has 0 aliphatic rings. The van der Waals surface area contributed by atoms with Crippen LogP contribution in [-0.4, -0.2) is 42.8 Å². The second-order valence-corrected chi connectivity index (χ2v) is 6.63. The van der Waals surface area contributed by atoms with E-state index >= 15 is 0 Å². The monoisotopic (exact) mass is 373 g/mol. The Labute approximate surface area is 154 Å². The van der Waals surface area contributed by atoms with Gasteiger partial charge in [0.15, 0.2) is 0 Å². The van der Waals surface area contributed by atoms with Gasteiger partial charge >= 0.3 is 0 Å². The van der Waals surface area contributed by atoms with Crippen molar-refractivity contribution in [2.75, 3.05) is 27.4 Å². The molecule has 1 N–H and O–H groups in total. The van der Waals surface area contributed by atoms with E-state index in [1.54, 1.807) is 14.2 Å². The molecule has 3 aromatic rings. The summed E-state index contributed by atoms with van der Waals surface area (Å²) in [5.74, 6) is 0.520. The van der Waals surface area contributed by atoms with Gasteiger partial charge in [-0.1, -0.05) is 0 Å². The molecular formula is C18H19N3O4S. The third-order valence-electron chi connectivity index (χ3n) is 3.82. The Bertz CT molecular complexity index is 963. The van der Waals surface area contributed by atoms with Crippen molar-refractivity contribution in [3.8, 4) is 16.2 Å². The van der Waals surface area contributed by atoms with Gasteiger partial charge < -0.3 is 14.8 Å². The number of thiophene rings is 1. The fraction of sp³-hybridized carbons (Fsp3) is 0.278. The van der Waals surface area contributed by atoms with Crippen LogP contribution in [0.5, 0.6) is 5.75 Å². The van der Waals surface area contributed by atoms with Crippen LogP contribution in [0.3, 0.4) is 0 Å². The highest BCUT2D eigenvalue weighted by atomic mass is 32.1. The van der Waals surface area contributed by atoms with E-state index in [-0.39, 0.29) is 18.0 Å². The zero-order valence-electron chi connectivity index (χ0n) is 14.5. The third-order valence-corrected chi connectivity index (χ3v) is 4.98. The van der Waals surface area contributed by atoms with Crippen molar-refractivity contribution in [2.24, 2.45) is 0 Å². The first-order valence-corrected chi connectivity index (χ1v) is 8.83. The number of ether oxygens (including phenoxy) is 2. The zero-order chi connectivity index (χ0) is 18.5. The standard InChI is InChI=1S/C18H19N3O4S/c1-24-8-7-19-16(22)10-21-11-20-14-9-15(26-17(14)18(21)23)12-3-5-13(25-2)6-4-12/h3-6,9,11H,7-8,10H2,1-2H3,(H,19,22). The molecule has 7 nitrogen and oxygen atoms in total. The summed E-state index contributed by atoms with van der Waals surface area (Å²) >= 11 is 1.36. The minimum absolute atomic E-state index is 0.0682. The van der Waals surface area contributed by atoms with E-state index in [2.05, 4.69) is 10.3 Å². The van der Waals surface area contributed by atoms with Crippen LogP contribution in [0.1, 0.15) is 0 Å². The molecule has 0 bridgehead atoms. The van der Waals surface area contributed by atoms with Gasteiger partial charge in [0.1, 0.15) is 17.0 Å². The molecule has 0 radical (unpaired) electrons. The van der Waals surface area contributed by atoms with Gasteiger partial charge in [-0.05, 0) is 35.9 Å². The number of rotatable bonds is 7. The normalized spacial score (nSPS) is 10.8. The lowest BCUT2D eigenvalue weighted by atomic mass is 10.2. The van der Waals surface area contributed by atoms with Gasteiger partial charge in [0.05, 0.1) is 25.6 Å². The summed E-state index contributed by atoms with van der Waals surface area (Å²) in [6.45, 7) is 0.760. The number of methoxy groups -OCH3 is 2. The number of carbonyl (C=O) groups is 1. The molecule has 0 unspecified atom stereocenters. The maximum absolute atomic E-state index is 12.6. The SMILES string of the molecule is COCCNC(=O)Cn1cnc2cc(-c3ccc(OC)cc3)sc2c1=O. The predicted octanol–water partition coefficient (Wildman–Crippen LogP) is 1.90. The van der Waals surface area contributed by atoms with Crippen molar-refractivity contribution < 1.29 is 14.3 Å². The molecule has 1 aromatic carbocycles. The molecule has 8 heteroatoms. The number of carbonyl (C=O) groups excluding carboxylic acids is 1. The Morgan fingerprint density at radius 3 is 2.73 bits per heavy atom. The molecule has 0 saturated heterocycles. The lowest BCUT2D eigenvalue weighted by molar-refractivity contribution is -0.121. The van der Waals surface area contributed by atoms with Gasteiger partial charge in [-0.3, -0.25) is 14.2 Å². The van der Waals surface area contributed by atoms with Gasteiger partial charge in [0.2, 0.25) is 5.91 Å². The summed E-state index contributed by atoms with van der Waals surface area (Å²) in [6.07, 6.45) is 1.41. The summed E-state index contributed by atoms with van der Waals surface area (Å²) in [7, 11) is 3.18. The molecule has 0 aliphatic carbocycles. The first kappa shape index (κ1) is 18.1. The number of amides is 1. The molecule has 2 heterocycles. The van der Waals surface area contributed by atoms with Crippen LogP contribution in [0.2, 0.25) is 0 Å². The number of nitrogens with one attached hydrogen (secondary N) is 1. The lowest BCUT2D eigenvalue weighted by Gasteiger charge is -2.06. The van der Waals surface area contributed by atoms with E-state index in [0.717, 1.165) is 16.2 Å². The highest BCUT2D eigenvalue weighted by molar-refractivity contribution is 7.22. The zero-order valence-corrected chi connectivity index (χ0v) is 15.3. The number of benzene rings is 1. The van der Waals surface area contributed by atoms with Crippen molar-refractivity contribution >= 4 is 27.5 Å². The van der Waals surface area contributed by atoms with Crippen LogP contribution in [0.25, 0.3) is 20.7 Å². The average molecular weight is 373 g/mol. The fourth-order valence-corrected chi connectivity index (χ4v) is 3.52. The van der Waals surface area contributed by atoms with Crippen LogP contribution < -0.4 is 15.6 Å². The number of hydrogen-bond donors (Lipinski definition) is 1. The molecule has 0 saturated carbocycles. The maximum Gasteiger partial charge on any atom is 0.271 e. The summed E-state index contributed by atoms with van der Waals surface area (Å²) in [5, 5.41) is 2.69. The van der Waals surface area contributed by atoms with Crippen LogP contribution in [0, 0.1) is 0 Å². The molecule has 0 spiro atoms. The van der Waals surface area contributed by atoms with Crippen LogP contribution in [0.4, 0.5) is 0 Å². The highest BCUT2D eigenvalue weighted by Gasteiger charge is 2.12. The van der Waals surface area contributed by atoms with Gasteiger partial charge in [-0.2, -0.15) is 0 Å². The van der Waals surface area contributed by atoms with Gasteiger partial charge in [0, 0.05) is 18.5 Å². The quantitative estimate of drug-likeness (QED) is 0.640. The minimum Gasteiger partial charge on any atom is -0.497 e. The predicted molar refractivity (Wildman–Crippen MR) is 101 cm³/mol. The molecule has 0 fully saturated rings.